The van der Waals surface area contributed by atoms with E-state index >= 15 is 0 Å². The van der Waals surface area contributed by atoms with Crippen LogP contribution in [0.25, 0.3) is 0 Å². The molecule has 0 aromatic heterocycles. The summed E-state index contributed by atoms with van der Waals surface area (Å²) in [5.41, 5.74) is 1.70. The van der Waals surface area contributed by atoms with Gasteiger partial charge in [0.1, 0.15) is 12.4 Å². The van der Waals surface area contributed by atoms with Crippen LogP contribution in [0.4, 0.5) is 13.2 Å². The lowest BCUT2D eigenvalue weighted by Gasteiger charge is -2.20. The average molecular weight is 499 g/mol. The molecule has 0 bridgehead atoms. The molecule has 0 aliphatic rings. The largest absolute Gasteiger partial charge is 0.489 e. The second-order valence-electron chi connectivity index (χ2n) is 8.49. The monoisotopic (exact) mass is 498 g/mol. The topological polar surface area (TPSA) is 52.6 Å². The Morgan fingerprint density at radius 1 is 0.778 bits per heavy atom. The molecule has 0 radical (unpaired) electrons. The predicted molar refractivity (Wildman–Crippen MR) is 131 cm³/mol. The van der Waals surface area contributed by atoms with Crippen LogP contribution in [0.3, 0.4) is 0 Å². The average Bonchev–Trinajstić information content (AvgIpc) is 2.89. The number of carbonyl (C=O) groups excluding carboxylic acids is 2. The number of alkyl halides is 3. The third-order valence-electron chi connectivity index (χ3n) is 5.68. The summed E-state index contributed by atoms with van der Waals surface area (Å²) in [7, 11) is 0. The Balaban J connectivity index is 1.58. The summed E-state index contributed by atoms with van der Waals surface area (Å²) in [6, 6.07) is 21.8. The maximum absolute atomic E-state index is 13.3. The van der Waals surface area contributed by atoms with E-state index in [1.165, 1.54) is 24.3 Å². The number of halogens is 3. The van der Waals surface area contributed by atoms with Crippen LogP contribution in [0.1, 0.15) is 70.9 Å². The summed E-state index contributed by atoms with van der Waals surface area (Å²) >= 11 is 0. The fourth-order valence-electron chi connectivity index (χ4n) is 3.61. The minimum Gasteiger partial charge on any atom is -0.489 e. The molecular formula is C29H29F3O4. The maximum Gasteiger partial charge on any atom is 0.425 e. The third kappa shape index (κ3) is 7.97. The second kappa shape index (κ2) is 12.9. The zero-order chi connectivity index (χ0) is 26.0. The van der Waals surface area contributed by atoms with E-state index in [-0.39, 0.29) is 17.8 Å². The van der Waals surface area contributed by atoms with Crippen molar-refractivity contribution in [2.45, 2.75) is 57.9 Å². The molecule has 0 unspecified atom stereocenters. The van der Waals surface area contributed by atoms with Crippen molar-refractivity contribution in [1.82, 2.24) is 0 Å². The molecule has 3 rings (SSSR count). The van der Waals surface area contributed by atoms with Gasteiger partial charge in [-0.05, 0) is 54.8 Å². The zero-order valence-corrected chi connectivity index (χ0v) is 20.1. The third-order valence-corrected chi connectivity index (χ3v) is 5.68. The van der Waals surface area contributed by atoms with Gasteiger partial charge in [-0.3, -0.25) is 4.79 Å². The highest BCUT2D eigenvalue weighted by Crippen LogP contribution is 2.28. The van der Waals surface area contributed by atoms with Gasteiger partial charge in [-0.2, -0.15) is 13.2 Å². The molecule has 0 aliphatic heterocycles. The molecule has 0 saturated heterocycles. The van der Waals surface area contributed by atoms with Crippen molar-refractivity contribution < 1.29 is 32.2 Å². The molecule has 3 aromatic rings. The zero-order valence-electron chi connectivity index (χ0n) is 20.1. The normalized spacial score (nSPS) is 12.1. The molecule has 0 fully saturated rings. The van der Waals surface area contributed by atoms with E-state index in [4.69, 9.17) is 9.47 Å². The maximum atomic E-state index is 13.3. The van der Waals surface area contributed by atoms with Gasteiger partial charge in [-0.15, -0.1) is 0 Å². The van der Waals surface area contributed by atoms with Gasteiger partial charge in [-0.1, -0.05) is 68.7 Å². The van der Waals surface area contributed by atoms with Crippen LogP contribution >= 0.6 is 0 Å². The number of rotatable bonds is 12. The molecular weight excluding hydrogens is 469 g/mol. The number of unbranched alkanes of at least 4 members (excludes halogenated alkanes) is 3. The van der Waals surface area contributed by atoms with Crippen molar-refractivity contribution in [2.24, 2.45) is 0 Å². The van der Waals surface area contributed by atoms with E-state index in [0.717, 1.165) is 18.4 Å². The standard InChI is InChI=1S/C29H29F3O4/c1-2-3-4-8-11-26(29(30,31)32)36-28(34)24-14-12-22(13-15-24)27(33)23-16-18-25(19-17-23)35-20-21-9-6-5-7-10-21/h5-7,9-10,12-19,26H,2-4,8,11,20H2,1H3/t26-/m1/s1. The Hall–Kier alpha value is -3.61. The Morgan fingerprint density at radius 3 is 1.94 bits per heavy atom. The molecule has 190 valence electrons. The van der Waals surface area contributed by atoms with Gasteiger partial charge in [0.25, 0.3) is 0 Å². The number of hydrogen-bond donors (Lipinski definition) is 0. The molecule has 36 heavy (non-hydrogen) atoms. The van der Waals surface area contributed by atoms with Gasteiger partial charge in [0.15, 0.2) is 11.9 Å². The molecule has 0 saturated carbocycles. The van der Waals surface area contributed by atoms with Gasteiger partial charge < -0.3 is 9.47 Å². The summed E-state index contributed by atoms with van der Waals surface area (Å²) in [5, 5.41) is 0. The van der Waals surface area contributed by atoms with E-state index in [1.54, 1.807) is 24.3 Å². The minimum atomic E-state index is -4.63. The van der Waals surface area contributed by atoms with Crippen LogP contribution in [-0.2, 0) is 11.3 Å². The Kier molecular flexibility index (Phi) is 9.68. The number of ketones is 1. The number of ether oxygens (including phenoxy) is 2. The van der Waals surface area contributed by atoms with E-state index in [0.29, 0.717) is 36.3 Å². The number of benzene rings is 3. The first-order chi connectivity index (χ1) is 17.3. The second-order valence-corrected chi connectivity index (χ2v) is 8.49. The van der Waals surface area contributed by atoms with Crippen LogP contribution < -0.4 is 4.74 Å². The van der Waals surface area contributed by atoms with Gasteiger partial charge >= 0.3 is 12.1 Å². The van der Waals surface area contributed by atoms with Crippen molar-refractivity contribution in [1.29, 1.82) is 0 Å². The fraction of sp³-hybridized carbons (Fsp3) is 0.310. The van der Waals surface area contributed by atoms with Crippen LogP contribution in [0, 0.1) is 0 Å². The smallest absolute Gasteiger partial charge is 0.425 e. The number of hydrogen-bond acceptors (Lipinski definition) is 4. The lowest BCUT2D eigenvalue weighted by molar-refractivity contribution is -0.206. The lowest BCUT2D eigenvalue weighted by Crippen LogP contribution is -2.33. The molecule has 0 N–H and O–H groups in total. The molecule has 0 spiro atoms. The summed E-state index contributed by atoms with van der Waals surface area (Å²) in [6.45, 7) is 2.37. The molecule has 7 heteroatoms. The van der Waals surface area contributed by atoms with E-state index in [1.807, 2.05) is 37.3 Å². The molecule has 0 heterocycles. The molecule has 0 amide bonds. The quantitative estimate of drug-likeness (QED) is 0.147. The van der Waals surface area contributed by atoms with Crippen molar-refractivity contribution >= 4 is 11.8 Å². The number of carbonyl (C=O) groups is 2. The molecule has 3 aromatic carbocycles. The van der Waals surface area contributed by atoms with E-state index in [2.05, 4.69) is 0 Å². The van der Waals surface area contributed by atoms with Crippen LogP contribution in [0.2, 0.25) is 0 Å². The highest BCUT2D eigenvalue weighted by molar-refractivity contribution is 6.09. The van der Waals surface area contributed by atoms with Gasteiger partial charge in [0.2, 0.25) is 0 Å². The highest BCUT2D eigenvalue weighted by atomic mass is 19.4. The Morgan fingerprint density at radius 2 is 1.36 bits per heavy atom. The Labute approximate surface area is 209 Å². The molecule has 0 aliphatic carbocycles. The van der Waals surface area contributed by atoms with Crippen molar-refractivity contribution in [3.63, 3.8) is 0 Å². The highest BCUT2D eigenvalue weighted by Gasteiger charge is 2.42. The van der Waals surface area contributed by atoms with Crippen molar-refractivity contribution in [2.75, 3.05) is 0 Å². The van der Waals surface area contributed by atoms with E-state index in [9.17, 15) is 22.8 Å². The first-order valence-corrected chi connectivity index (χ1v) is 12.0. The fourth-order valence-corrected chi connectivity index (χ4v) is 3.61. The SMILES string of the molecule is CCCCCC[C@@H](OC(=O)c1ccc(C(=O)c2ccc(OCc3ccccc3)cc2)cc1)C(F)(F)F. The van der Waals surface area contributed by atoms with E-state index < -0.39 is 18.2 Å². The summed E-state index contributed by atoms with van der Waals surface area (Å²) in [5.74, 6) is -0.734. The van der Waals surface area contributed by atoms with Gasteiger partial charge in [0.05, 0.1) is 5.56 Å². The number of esters is 1. The van der Waals surface area contributed by atoms with Gasteiger partial charge in [-0.25, -0.2) is 4.79 Å². The molecule has 1 atom stereocenters. The van der Waals surface area contributed by atoms with Crippen LogP contribution in [0.5, 0.6) is 5.75 Å². The summed E-state index contributed by atoms with van der Waals surface area (Å²) in [6.07, 6.45) is -4.34. The predicted octanol–water partition coefficient (Wildman–Crippen LogP) is 7.55. The lowest BCUT2D eigenvalue weighted by atomic mass is 10.0. The first kappa shape index (κ1) is 27.0. The first-order valence-electron chi connectivity index (χ1n) is 12.0. The minimum absolute atomic E-state index is 0.0426. The van der Waals surface area contributed by atoms with Crippen molar-refractivity contribution in [3.8, 4) is 5.75 Å². The van der Waals surface area contributed by atoms with Crippen molar-refractivity contribution in [3.05, 3.63) is 101 Å². The Bertz CT molecular complexity index is 1110. The van der Waals surface area contributed by atoms with Crippen LogP contribution in [-0.4, -0.2) is 24.0 Å². The van der Waals surface area contributed by atoms with Crippen LogP contribution in [0.15, 0.2) is 78.9 Å². The summed E-state index contributed by atoms with van der Waals surface area (Å²) < 4.78 is 50.4. The summed E-state index contributed by atoms with van der Waals surface area (Å²) in [4.78, 5) is 25.1. The molecule has 4 nitrogen and oxygen atoms in total. The van der Waals surface area contributed by atoms with Gasteiger partial charge in [0, 0.05) is 11.1 Å².